The number of hydrogen-bond donors (Lipinski definition) is 6. The van der Waals surface area contributed by atoms with Crippen molar-refractivity contribution in [2.75, 3.05) is 12.3 Å². The van der Waals surface area contributed by atoms with Gasteiger partial charge in [0, 0.05) is 0 Å². The van der Waals surface area contributed by atoms with Crippen molar-refractivity contribution in [3.05, 3.63) is 12.0 Å². The largest absolute Gasteiger partial charge is 0.394 e. The number of carbonyl (C=O) groups is 1. The molecule has 1 aromatic rings. The Morgan fingerprint density at radius 3 is 2.44 bits per heavy atom. The van der Waals surface area contributed by atoms with E-state index < -0.39 is 30.8 Å². The Morgan fingerprint density at radius 2 is 2.00 bits per heavy atom. The average molecular weight is 260 g/mol. The Bertz CT molecular complexity index is 421. The standard InChI is InChI=1S/C9H16N4O5/c10-8-6(9(11)18)12-3-13(8)1-4(15)7(17)5(16)2-14/h3-5,7,14-17H,1-2,10H2,(H2,11,18)/t4-,5+,7-/m0/s1. The minimum absolute atomic E-state index is 0.0489. The lowest BCUT2D eigenvalue weighted by Gasteiger charge is -2.22. The number of aliphatic hydroxyl groups is 4. The molecular weight excluding hydrogens is 244 g/mol. The molecule has 18 heavy (non-hydrogen) atoms. The second kappa shape index (κ2) is 5.78. The molecule has 102 valence electrons. The number of hydrogen-bond acceptors (Lipinski definition) is 7. The lowest BCUT2D eigenvalue weighted by atomic mass is 10.1. The van der Waals surface area contributed by atoms with Crippen LogP contribution in [0.15, 0.2) is 6.33 Å². The number of aliphatic hydroxyl groups excluding tert-OH is 4. The molecule has 0 aliphatic heterocycles. The fourth-order valence-corrected chi connectivity index (χ4v) is 1.40. The second-order valence-electron chi connectivity index (χ2n) is 3.80. The summed E-state index contributed by atoms with van der Waals surface area (Å²) in [4.78, 5) is 14.5. The fraction of sp³-hybridized carbons (Fsp3) is 0.556. The molecule has 1 aromatic heterocycles. The maximum Gasteiger partial charge on any atom is 0.271 e. The summed E-state index contributed by atoms with van der Waals surface area (Å²) in [6, 6.07) is 0. The SMILES string of the molecule is NC(=O)c1ncn(C[C@H](O)[C@H](O)[C@H](O)CO)c1N. The van der Waals surface area contributed by atoms with E-state index in [4.69, 9.17) is 21.7 Å². The first-order chi connectivity index (χ1) is 8.38. The normalized spacial score (nSPS) is 16.2. The van der Waals surface area contributed by atoms with E-state index in [1.54, 1.807) is 0 Å². The number of carbonyl (C=O) groups excluding carboxylic acids is 1. The van der Waals surface area contributed by atoms with E-state index in [0.717, 1.165) is 0 Å². The Kier molecular flexibility index (Phi) is 4.62. The fourth-order valence-electron chi connectivity index (χ4n) is 1.40. The van der Waals surface area contributed by atoms with Crippen LogP contribution in [-0.2, 0) is 6.54 Å². The summed E-state index contributed by atoms with van der Waals surface area (Å²) in [5, 5.41) is 36.8. The van der Waals surface area contributed by atoms with Gasteiger partial charge in [-0.25, -0.2) is 4.98 Å². The highest BCUT2D eigenvalue weighted by molar-refractivity contribution is 5.95. The van der Waals surface area contributed by atoms with Gasteiger partial charge in [-0.1, -0.05) is 0 Å². The van der Waals surface area contributed by atoms with Crippen molar-refractivity contribution in [1.29, 1.82) is 0 Å². The van der Waals surface area contributed by atoms with Crippen LogP contribution in [0.4, 0.5) is 5.82 Å². The van der Waals surface area contributed by atoms with E-state index in [-0.39, 0.29) is 18.1 Å². The van der Waals surface area contributed by atoms with E-state index in [1.807, 2.05) is 0 Å². The quantitative estimate of drug-likeness (QED) is 0.310. The van der Waals surface area contributed by atoms with Crippen molar-refractivity contribution in [3.63, 3.8) is 0 Å². The van der Waals surface area contributed by atoms with Crippen molar-refractivity contribution in [2.45, 2.75) is 24.9 Å². The third-order valence-corrected chi connectivity index (χ3v) is 2.47. The number of nitrogen functional groups attached to an aromatic ring is 1. The zero-order valence-electron chi connectivity index (χ0n) is 9.47. The molecule has 0 fully saturated rings. The van der Waals surface area contributed by atoms with Gasteiger partial charge < -0.3 is 36.5 Å². The molecule has 0 bridgehead atoms. The van der Waals surface area contributed by atoms with Crippen molar-refractivity contribution < 1.29 is 25.2 Å². The molecule has 1 amide bonds. The van der Waals surface area contributed by atoms with Gasteiger partial charge >= 0.3 is 0 Å². The minimum atomic E-state index is -1.55. The van der Waals surface area contributed by atoms with Crippen LogP contribution in [0.2, 0.25) is 0 Å². The van der Waals surface area contributed by atoms with Gasteiger partial charge in [-0.05, 0) is 0 Å². The highest BCUT2D eigenvalue weighted by atomic mass is 16.4. The first-order valence-electron chi connectivity index (χ1n) is 5.14. The number of nitrogens with two attached hydrogens (primary N) is 2. The summed E-state index contributed by atoms with van der Waals surface area (Å²) >= 11 is 0. The van der Waals surface area contributed by atoms with E-state index in [9.17, 15) is 15.0 Å². The zero-order chi connectivity index (χ0) is 13.9. The molecule has 8 N–H and O–H groups in total. The van der Waals surface area contributed by atoms with E-state index in [2.05, 4.69) is 4.98 Å². The van der Waals surface area contributed by atoms with E-state index in [0.29, 0.717) is 0 Å². The van der Waals surface area contributed by atoms with Crippen molar-refractivity contribution in [3.8, 4) is 0 Å². The van der Waals surface area contributed by atoms with Gasteiger partial charge in [0.25, 0.3) is 5.91 Å². The second-order valence-corrected chi connectivity index (χ2v) is 3.80. The Morgan fingerprint density at radius 1 is 1.39 bits per heavy atom. The zero-order valence-corrected chi connectivity index (χ0v) is 9.47. The summed E-state index contributed by atoms with van der Waals surface area (Å²) < 4.78 is 1.21. The van der Waals surface area contributed by atoms with Crippen LogP contribution in [0.25, 0.3) is 0 Å². The number of aromatic nitrogens is 2. The Labute approximate surface area is 102 Å². The van der Waals surface area contributed by atoms with E-state index >= 15 is 0 Å². The van der Waals surface area contributed by atoms with E-state index in [1.165, 1.54) is 10.9 Å². The monoisotopic (exact) mass is 260 g/mol. The first-order valence-corrected chi connectivity index (χ1v) is 5.14. The van der Waals surface area contributed by atoms with Crippen molar-refractivity contribution in [2.24, 2.45) is 5.73 Å². The number of nitrogens with zero attached hydrogens (tertiary/aromatic N) is 2. The van der Waals surface area contributed by atoms with Gasteiger partial charge in [-0.15, -0.1) is 0 Å². The maximum atomic E-state index is 10.9. The minimum Gasteiger partial charge on any atom is -0.394 e. The Balaban J connectivity index is 2.76. The summed E-state index contributed by atoms with van der Waals surface area (Å²) in [6.45, 7) is -0.894. The molecule has 0 spiro atoms. The lowest BCUT2D eigenvalue weighted by Crippen LogP contribution is -2.41. The number of anilines is 1. The molecule has 0 aliphatic carbocycles. The number of imidazole rings is 1. The molecule has 0 aromatic carbocycles. The van der Waals surface area contributed by atoms with Crippen LogP contribution >= 0.6 is 0 Å². The maximum absolute atomic E-state index is 10.9. The molecule has 0 aliphatic rings. The third kappa shape index (κ3) is 2.96. The van der Waals surface area contributed by atoms with Crippen LogP contribution in [0.1, 0.15) is 10.5 Å². The van der Waals surface area contributed by atoms with Gasteiger partial charge in [-0.3, -0.25) is 4.79 Å². The van der Waals surface area contributed by atoms with Crippen LogP contribution in [0.3, 0.4) is 0 Å². The first kappa shape index (κ1) is 14.4. The Hall–Kier alpha value is -1.68. The predicted octanol–water partition coefficient (Wildman–Crippen LogP) is -3.36. The van der Waals surface area contributed by atoms with Gasteiger partial charge in [0.15, 0.2) is 5.69 Å². The van der Waals surface area contributed by atoms with Gasteiger partial charge in [0.05, 0.1) is 19.5 Å². The topological polar surface area (TPSA) is 168 Å². The summed E-state index contributed by atoms with van der Waals surface area (Å²) in [7, 11) is 0. The number of rotatable bonds is 6. The van der Waals surface area contributed by atoms with Crippen LogP contribution in [-0.4, -0.2) is 60.8 Å². The highest BCUT2D eigenvalue weighted by Crippen LogP contribution is 2.12. The highest BCUT2D eigenvalue weighted by Gasteiger charge is 2.25. The van der Waals surface area contributed by atoms with Crippen molar-refractivity contribution >= 4 is 11.7 Å². The molecule has 3 atom stereocenters. The number of amides is 1. The summed E-state index contributed by atoms with van der Waals surface area (Å²) in [5.41, 5.74) is 10.4. The molecule has 0 saturated heterocycles. The molecule has 1 heterocycles. The van der Waals surface area contributed by atoms with Crippen LogP contribution in [0, 0.1) is 0 Å². The van der Waals surface area contributed by atoms with Gasteiger partial charge in [-0.2, -0.15) is 0 Å². The molecule has 0 unspecified atom stereocenters. The summed E-state index contributed by atoms with van der Waals surface area (Å²) in [5.74, 6) is -0.857. The third-order valence-electron chi connectivity index (χ3n) is 2.47. The van der Waals surface area contributed by atoms with Gasteiger partial charge in [0.2, 0.25) is 0 Å². The molecular formula is C9H16N4O5. The number of primary amides is 1. The van der Waals surface area contributed by atoms with Gasteiger partial charge in [0.1, 0.15) is 24.1 Å². The molecule has 0 radical (unpaired) electrons. The molecule has 9 nitrogen and oxygen atoms in total. The molecule has 0 saturated carbocycles. The lowest BCUT2D eigenvalue weighted by molar-refractivity contribution is -0.0804. The molecule has 9 heteroatoms. The summed E-state index contributed by atoms with van der Waals surface area (Å²) in [6.07, 6.45) is -3.23. The van der Waals surface area contributed by atoms with Crippen molar-refractivity contribution in [1.82, 2.24) is 9.55 Å². The van der Waals surface area contributed by atoms with Crippen LogP contribution < -0.4 is 11.5 Å². The molecule has 1 rings (SSSR count). The smallest absolute Gasteiger partial charge is 0.271 e. The predicted molar refractivity (Wildman–Crippen MR) is 60.3 cm³/mol. The van der Waals surface area contributed by atoms with Crippen LogP contribution in [0.5, 0.6) is 0 Å². The average Bonchev–Trinajstić information content (AvgIpc) is 2.69.